The Morgan fingerprint density at radius 1 is 0.871 bits per heavy atom. The topological polar surface area (TPSA) is 38.3 Å². The van der Waals surface area contributed by atoms with Crippen LogP contribution in [0, 0.1) is 0 Å². The number of ether oxygens (including phenoxy) is 1. The van der Waals surface area contributed by atoms with Crippen molar-refractivity contribution >= 4 is 16.7 Å². The molecule has 1 aliphatic carbocycles. The number of hydrogen-bond acceptors (Lipinski definition) is 2. The van der Waals surface area contributed by atoms with Crippen molar-refractivity contribution in [1.29, 1.82) is 0 Å². The van der Waals surface area contributed by atoms with E-state index in [0.717, 1.165) is 35.3 Å². The zero-order chi connectivity index (χ0) is 21.2. The number of aryl methyl sites for hydroxylation is 2. The second-order valence-electron chi connectivity index (χ2n) is 8.09. The molecule has 0 aliphatic heterocycles. The molecule has 4 aromatic rings. The Hall–Kier alpha value is -3.59. The largest absolute Gasteiger partial charge is 0.497 e. The summed E-state index contributed by atoms with van der Waals surface area (Å²) in [5.41, 5.74) is 6.02. The first-order chi connectivity index (χ1) is 15.2. The third-order valence-electron chi connectivity index (χ3n) is 6.18. The summed E-state index contributed by atoms with van der Waals surface area (Å²) in [6.07, 6.45) is 2.51. The fourth-order valence-electron chi connectivity index (χ4n) is 4.65. The van der Waals surface area contributed by atoms with E-state index in [0.29, 0.717) is 6.42 Å². The number of methoxy groups -OCH3 is 1. The van der Waals surface area contributed by atoms with Gasteiger partial charge in [-0.25, -0.2) is 0 Å². The first-order valence-electron chi connectivity index (χ1n) is 10.7. The lowest BCUT2D eigenvalue weighted by Crippen LogP contribution is -2.30. The van der Waals surface area contributed by atoms with E-state index in [2.05, 4.69) is 47.8 Å². The number of amides is 1. The molecule has 4 aromatic carbocycles. The summed E-state index contributed by atoms with van der Waals surface area (Å²) in [7, 11) is 1.64. The maximum Gasteiger partial charge on any atom is 0.225 e. The highest BCUT2D eigenvalue weighted by Gasteiger charge is 2.22. The number of benzene rings is 4. The summed E-state index contributed by atoms with van der Waals surface area (Å²) >= 11 is 0. The molecule has 0 saturated heterocycles. The predicted octanol–water partition coefficient (Wildman–Crippen LogP) is 5.40. The predicted molar refractivity (Wildman–Crippen MR) is 124 cm³/mol. The van der Waals surface area contributed by atoms with Crippen molar-refractivity contribution in [3.63, 3.8) is 0 Å². The summed E-state index contributed by atoms with van der Waals surface area (Å²) in [5, 5.41) is 5.92. The van der Waals surface area contributed by atoms with Gasteiger partial charge in [-0.2, -0.15) is 0 Å². The molecule has 3 heteroatoms. The van der Waals surface area contributed by atoms with E-state index in [1.54, 1.807) is 7.11 Å². The van der Waals surface area contributed by atoms with Gasteiger partial charge in [-0.05, 0) is 63.6 Å². The van der Waals surface area contributed by atoms with Gasteiger partial charge in [0.2, 0.25) is 5.91 Å². The Morgan fingerprint density at radius 3 is 2.35 bits per heavy atom. The third-order valence-corrected chi connectivity index (χ3v) is 6.18. The molecule has 31 heavy (non-hydrogen) atoms. The molecule has 1 amide bonds. The maximum absolute atomic E-state index is 13.1. The molecule has 3 nitrogen and oxygen atoms in total. The van der Waals surface area contributed by atoms with Crippen molar-refractivity contribution in [3.05, 3.63) is 113 Å². The van der Waals surface area contributed by atoms with E-state index >= 15 is 0 Å². The van der Waals surface area contributed by atoms with Crippen LogP contribution in [0.5, 0.6) is 5.75 Å². The number of rotatable bonds is 6. The van der Waals surface area contributed by atoms with Crippen molar-refractivity contribution < 1.29 is 9.53 Å². The van der Waals surface area contributed by atoms with Gasteiger partial charge in [0.1, 0.15) is 5.75 Å². The zero-order valence-electron chi connectivity index (χ0n) is 17.6. The molecule has 5 rings (SSSR count). The third kappa shape index (κ3) is 3.79. The summed E-state index contributed by atoms with van der Waals surface area (Å²) in [6.45, 7) is 0. The highest BCUT2D eigenvalue weighted by molar-refractivity contribution is 5.94. The van der Waals surface area contributed by atoms with Crippen LogP contribution in [0.3, 0.4) is 0 Å². The Labute approximate surface area is 182 Å². The van der Waals surface area contributed by atoms with Crippen LogP contribution in [-0.4, -0.2) is 13.0 Å². The molecule has 0 aromatic heterocycles. The second kappa shape index (κ2) is 8.27. The molecule has 0 heterocycles. The minimum absolute atomic E-state index is 0.00210. The van der Waals surface area contributed by atoms with Gasteiger partial charge in [-0.1, -0.05) is 72.8 Å². The average molecular weight is 408 g/mol. The lowest BCUT2D eigenvalue weighted by atomic mass is 9.91. The van der Waals surface area contributed by atoms with Crippen LogP contribution < -0.4 is 10.1 Å². The standard InChI is InChI=1S/C28H25NO2/c1-31-23-15-10-19(11-16-23)18-26(30)29-28(22-6-3-2-4-7-22)25-17-14-21-13-12-20-8-5-9-24(25)27(20)21/h2-11,14-17,28H,12-13,18H2,1H3,(H,29,30). The monoisotopic (exact) mass is 407 g/mol. The van der Waals surface area contributed by atoms with Crippen LogP contribution in [0.2, 0.25) is 0 Å². The summed E-state index contributed by atoms with van der Waals surface area (Å²) < 4.78 is 5.22. The molecule has 1 N–H and O–H groups in total. The van der Waals surface area contributed by atoms with Gasteiger partial charge in [0, 0.05) is 0 Å². The van der Waals surface area contributed by atoms with Crippen LogP contribution >= 0.6 is 0 Å². The van der Waals surface area contributed by atoms with E-state index < -0.39 is 0 Å². The molecule has 1 atom stereocenters. The molecule has 0 spiro atoms. The Kier molecular flexibility index (Phi) is 5.17. The Balaban J connectivity index is 1.50. The van der Waals surface area contributed by atoms with Gasteiger partial charge in [-0.15, -0.1) is 0 Å². The second-order valence-corrected chi connectivity index (χ2v) is 8.09. The first-order valence-corrected chi connectivity index (χ1v) is 10.7. The van der Waals surface area contributed by atoms with E-state index in [-0.39, 0.29) is 11.9 Å². The van der Waals surface area contributed by atoms with E-state index in [4.69, 9.17) is 4.74 Å². The maximum atomic E-state index is 13.1. The van der Waals surface area contributed by atoms with Crippen molar-refractivity contribution in [2.75, 3.05) is 7.11 Å². The van der Waals surface area contributed by atoms with Crippen molar-refractivity contribution in [2.45, 2.75) is 25.3 Å². The smallest absolute Gasteiger partial charge is 0.225 e. The lowest BCUT2D eigenvalue weighted by molar-refractivity contribution is -0.120. The fourth-order valence-corrected chi connectivity index (χ4v) is 4.65. The van der Waals surface area contributed by atoms with E-state index in [1.165, 1.54) is 21.9 Å². The number of nitrogens with one attached hydrogen (secondary N) is 1. The zero-order valence-corrected chi connectivity index (χ0v) is 17.6. The molecule has 0 saturated carbocycles. The quantitative estimate of drug-likeness (QED) is 0.465. The van der Waals surface area contributed by atoms with E-state index in [1.807, 2.05) is 42.5 Å². The first kappa shape index (κ1) is 19.4. The summed E-state index contributed by atoms with van der Waals surface area (Å²) in [6, 6.07) is 28.7. The Morgan fingerprint density at radius 2 is 1.61 bits per heavy atom. The van der Waals surface area contributed by atoms with Crippen LogP contribution in [0.25, 0.3) is 10.8 Å². The van der Waals surface area contributed by atoms with Crippen molar-refractivity contribution in [1.82, 2.24) is 5.32 Å². The van der Waals surface area contributed by atoms with E-state index in [9.17, 15) is 4.79 Å². The molecule has 1 aliphatic rings. The van der Waals surface area contributed by atoms with Crippen LogP contribution in [0.4, 0.5) is 0 Å². The highest BCUT2D eigenvalue weighted by atomic mass is 16.5. The van der Waals surface area contributed by atoms with Gasteiger partial charge in [0.05, 0.1) is 19.6 Å². The van der Waals surface area contributed by atoms with Gasteiger partial charge in [0.25, 0.3) is 0 Å². The van der Waals surface area contributed by atoms with Crippen molar-refractivity contribution in [3.8, 4) is 5.75 Å². The van der Waals surface area contributed by atoms with Crippen LogP contribution in [-0.2, 0) is 24.1 Å². The molecule has 0 bridgehead atoms. The molecule has 154 valence electrons. The minimum atomic E-state index is -0.197. The molecule has 0 radical (unpaired) electrons. The van der Waals surface area contributed by atoms with Crippen molar-refractivity contribution in [2.24, 2.45) is 0 Å². The summed E-state index contributed by atoms with van der Waals surface area (Å²) in [4.78, 5) is 13.1. The molecular formula is C28H25NO2. The highest BCUT2D eigenvalue weighted by Crippen LogP contribution is 2.36. The number of hydrogen-bond donors (Lipinski definition) is 1. The lowest BCUT2D eigenvalue weighted by Gasteiger charge is -2.22. The molecule has 0 fully saturated rings. The SMILES string of the molecule is COc1ccc(CC(=O)NC(c2ccccc2)c2ccc3c4c(cccc24)CC3)cc1. The van der Waals surface area contributed by atoms with Crippen LogP contribution in [0.1, 0.15) is 33.9 Å². The van der Waals surface area contributed by atoms with Gasteiger partial charge in [0.15, 0.2) is 0 Å². The van der Waals surface area contributed by atoms with Crippen LogP contribution in [0.15, 0.2) is 84.9 Å². The Bertz CT molecular complexity index is 1220. The summed E-state index contributed by atoms with van der Waals surface area (Å²) in [5.74, 6) is 0.793. The average Bonchev–Trinajstić information content (AvgIpc) is 3.24. The fraction of sp³-hybridized carbons (Fsp3) is 0.179. The number of carbonyl (C=O) groups excluding carboxylic acids is 1. The van der Waals surface area contributed by atoms with Gasteiger partial charge >= 0.3 is 0 Å². The van der Waals surface area contributed by atoms with Gasteiger partial charge < -0.3 is 10.1 Å². The molecule has 1 unspecified atom stereocenters. The van der Waals surface area contributed by atoms with Gasteiger partial charge in [-0.3, -0.25) is 4.79 Å². The molecular weight excluding hydrogens is 382 g/mol. The minimum Gasteiger partial charge on any atom is -0.497 e. The number of carbonyl (C=O) groups is 1. The normalized spacial score (nSPS) is 13.2.